The Morgan fingerprint density at radius 2 is 2.00 bits per heavy atom. The molecular formula is C14H24ClN3O2S. The lowest BCUT2D eigenvalue weighted by molar-refractivity contribution is 0.358. The molecule has 0 aliphatic carbocycles. The first-order valence-electron chi connectivity index (χ1n) is 7.08. The van der Waals surface area contributed by atoms with Crippen LogP contribution in [0.25, 0.3) is 0 Å². The first-order valence-corrected chi connectivity index (χ1v) is 8.94. The first kappa shape index (κ1) is 18.4. The summed E-state index contributed by atoms with van der Waals surface area (Å²) in [6.45, 7) is 7.42. The van der Waals surface area contributed by atoms with Gasteiger partial charge in [0, 0.05) is 24.7 Å². The van der Waals surface area contributed by atoms with Crippen LogP contribution in [0.2, 0.25) is 5.02 Å². The highest BCUT2D eigenvalue weighted by molar-refractivity contribution is 7.89. The number of benzene rings is 1. The minimum Gasteiger partial charge on any atom is -0.313 e. The molecule has 21 heavy (non-hydrogen) atoms. The van der Waals surface area contributed by atoms with Gasteiger partial charge in [-0.1, -0.05) is 31.5 Å². The molecule has 0 aromatic heterocycles. The number of likely N-dealkylation sites (N-methyl/N-ethyl adjacent to an activating group) is 1. The highest BCUT2D eigenvalue weighted by Gasteiger charge is 2.15. The number of hydrogen-bond acceptors (Lipinski definition) is 4. The molecule has 0 aliphatic heterocycles. The molecule has 0 unspecified atom stereocenters. The fourth-order valence-corrected chi connectivity index (χ4v) is 3.07. The zero-order valence-electron chi connectivity index (χ0n) is 12.8. The second-order valence-electron chi connectivity index (χ2n) is 4.83. The van der Waals surface area contributed by atoms with Crippen molar-refractivity contribution in [3.63, 3.8) is 0 Å². The molecule has 0 saturated heterocycles. The van der Waals surface area contributed by atoms with Gasteiger partial charge < -0.3 is 10.2 Å². The molecule has 120 valence electrons. The van der Waals surface area contributed by atoms with Crippen LogP contribution in [-0.2, 0) is 16.6 Å². The Balaban J connectivity index is 2.72. The second kappa shape index (κ2) is 8.70. The van der Waals surface area contributed by atoms with Crippen LogP contribution < -0.4 is 10.0 Å². The van der Waals surface area contributed by atoms with Crippen molar-refractivity contribution >= 4 is 21.6 Å². The van der Waals surface area contributed by atoms with E-state index in [1.54, 1.807) is 12.1 Å². The minimum atomic E-state index is -3.51. The van der Waals surface area contributed by atoms with Gasteiger partial charge in [-0.25, -0.2) is 13.1 Å². The van der Waals surface area contributed by atoms with E-state index in [1.165, 1.54) is 6.07 Å². The molecule has 0 spiro atoms. The van der Waals surface area contributed by atoms with Gasteiger partial charge in [-0.3, -0.25) is 0 Å². The molecule has 0 bridgehead atoms. The highest BCUT2D eigenvalue weighted by Crippen LogP contribution is 2.20. The fourth-order valence-electron chi connectivity index (χ4n) is 1.71. The molecule has 0 radical (unpaired) electrons. The normalized spacial score (nSPS) is 12.0. The summed E-state index contributed by atoms with van der Waals surface area (Å²) in [5.74, 6) is 0. The van der Waals surface area contributed by atoms with Crippen molar-refractivity contribution in [2.45, 2.75) is 25.3 Å². The largest absolute Gasteiger partial charge is 0.313 e. The lowest BCUT2D eigenvalue weighted by atomic mass is 10.2. The van der Waals surface area contributed by atoms with Gasteiger partial charge in [0.25, 0.3) is 0 Å². The van der Waals surface area contributed by atoms with Crippen molar-refractivity contribution < 1.29 is 8.42 Å². The Hall–Kier alpha value is -0.660. The van der Waals surface area contributed by atoms with Crippen LogP contribution in [0, 0.1) is 0 Å². The molecule has 0 heterocycles. The molecule has 1 aromatic carbocycles. The van der Waals surface area contributed by atoms with Gasteiger partial charge in [-0.05, 0) is 37.8 Å². The number of hydrogen-bond donors (Lipinski definition) is 2. The summed E-state index contributed by atoms with van der Waals surface area (Å²) < 4.78 is 26.9. The molecule has 1 rings (SSSR count). The summed E-state index contributed by atoms with van der Waals surface area (Å²) in [4.78, 5) is 2.24. The van der Waals surface area contributed by atoms with E-state index >= 15 is 0 Å². The van der Waals surface area contributed by atoms with Crippen LogP contribution >= 0.6 is 11.6 Å². The Labute approximate surface area is 132 Å². The van der Waals surface area contributed by atoms with E-state index in [4.69, 9.17) is 11.6 Å². The average molecular weight is 334 g/mol. The summed E-state index contributed by atoms with van der Waals surface area (Å²) in [6, 6.07) is 4.84. The third-order valence-corrected chi connectivity index (χ3v) is 5.04. The predicted molar refractivity (Wildman–Crippen MR) is 87.2 cm³/mol. The van der Waals surface area contributed by atoms with Gasteiger partial charge >= 0.3 is 0 Å². The van der Waals surface area contributed by atoms with E-state index in [0.29, 0.717) is 24.7 Å². The first-order chi connectivity index (χ1) is 9.90. The summed E-state index contributed by atoms with van der Waals surface area (Å²) in [7, 11) is -1.56. The van der Waals surface area contributed by atoms with Gasteiger partial charge in [0.1, 0.15) is 0 Å². The summed E-state index contributed by atoms with van der Waals surface area (Å²) >= 11 is 6.14. The summed E-state index contributed by atoms with van der Waals surface area (Å²) in [5.41, 5.74) is 0.892. The van der Waals surface area contributed by atoms with Crippen molar-refractivity contribution in [1.29, 1.82) is 0 Å². The van der Waals surface area contributed by atoms with Crippen LogP contribution in [0.1, 0.15) is 19.4 Å². The molecule has 0 saturated carbocycles. The topological polar surface area (TPSA) is 61.4 Å². The van der Waals surface area contributed by atoms with E-state index in [9.17, 15) is 8.42 Å². The molecular weight excluding hydrogens is 310 g/mol. The maximum Gasteiger partial charge on any atom is 0.240 e. The van der Waals surface area contributed by atoms with Crippen molar-refractivity contribution in [3.05, 3.63) is 28.8 Å². The van der Waals surface area contributed by atoms with E-state index in [1.807, 2.05) is 25.8 Å². The fraction of sp³-hybridized carbons (Fsp3) is 0.571. The van der Waals surface area contributed by atoms with Crippen molar-refractivity contribution in [2.24, 2.45) is 0 Å². The number of halogens is 1. The number of rotatable bonds is 9. The van der Waals surface area contributed by atoms with Crippen LogP contribution in [-0.4, -0.2) is 46.5 Å². The van der Waals surface area contributed by atoms with Gasteiger partial charge in [-0.15, -0.1) is 0 Å². The molecule has 7 heteroatoms. The Kier molecular flexibility index (Phi) is 7.62. The van der Waals surface area contributed by atoms with Gasteiger partial charge in [0.15, 0.2) is 0 Å². The van der Waals surface area contributed by atoms with Crippen molar-refractivity contribution in [1.82, 2.24) is 14.9 Å². The zero-order chi connectivity index (χ0) is 15.9. The second-order valence-corrected chi connectivity index (χ2v) is 7.00. The quantitative estimate of drug-likeness (QED) is 0.722. The highest BCUT2D eigenvalue weighted by atomic mass is 35.5. The van der Waals surface area contributed by atoms with E-state index in [0.717, 1.165) is 18.7 Å². The lowest BCUT2D eigenvalue weighted by Crippen LogP contribution is -2.32. The molecule has 0 amide bonds. The maximum absolute atomic E-state index is 12.2. The summed E-state index contributed by atoms with van der Waals surface area (Å²) in [5, 5.41) is 3.62. The molecule has 0 aliphatic rings. The van der Waals surface area contributed by atoms with E-state index < -0.39 is 10.0 Å². The Bertz CT molecular complexity index is 549. The standard InChI is InChI=1S/C14H24ClN3O2S/c1-4-16-11-12-6-7-13(10-14(12)15)21(19,20)17-8-9-18(3)5-2/h6-7,10,16-17H,4-5,8-9,11H2,1-3H3. The Morgan fingerprint density at radius 1 is 1.29 bits per heavy atom. The molecule has 0 fully saturated rings. The maximum atomic E-state index is 12.2. The Morgan fingerprint density at radius 3 is 2.57 bits per heavy atom. The van der Waals surface area contributed by atoms with Gasteiger partial charge in [0.05, 0.1) is 4.90 Å². The smallest absolute Gasteiger partial charge is 0.240 e. The SMILES string of the molecule is CCNCc1ccc(S(=O)(=O)NCCN(C)CC)cc1Cl. The number of nitrogens with one attached hydrogen (secondary N) is 2. The molecule has 0 atom stereocenters. The zero-order valence-corrected chi connectivity index (χ0v) is 14.4. The summed E-state index contributed by atoms with van der Waals surface area (Å²) in [6.07, 6.45) is 0. The van der Waals surface area contributed by atoms with Crippen LogP contribution in [0.5, 0.6) is 0 Å². The van der Waals surface area contributed by atoms with Crippen LogP contribution in [0.3, 0.4) is 0 Å². The third kappa shape index (κ3) is 5.92. The number of nitrogens with zero attached hydrogens (tertiary/aromatic N) is 1. The molecule has 1 aromatic rings. The monoisotopic (exact) mass is 333 g/mol. The predicted octanol–water partition coefficient (Wildman–Crippen LogP) is 1.68. The third-order valence-electron chi connectivity index (χ3n) is 3.23. The molecule has 2 N–H and O–H groups in total. The van der Waals surface area contributed by atoms with E-state index in [-0.39, 0.29) is 4.90 Å². The number of sulfonamides is 1. The van der Waals surface area contributed by atoms with Gasteiger partial charge in [0.2, 0.25) is 10.0 Å². The average Bonchev–Trinajstić information content (AvgIpc) is 2.45. The molecule has 5 nitrogen and oxygen atoms in total. The van der Waals surface area contributed by atoms with Crippen LogP contribution in [0.15, 0.2) is 23.1 Å². The van der Waals surface area contributed by atoms with Crippen LogP contribution in [0.4, 0.5) is 0 Å². The van der Waals surface area contributed by atoms with E-state index in [2.05, 4.69) is 10.0 Å². The van der Waals surface area contributed by atoms with Crippen molar-refractivity contribution in [2.75, 3.05) is 33.2 Å². The van der Waals surface area contributed by atoms with Gasteiger partial charge in [-0.2, -0.15) is 0 Å². The minimum absolute atomic E-state index is 0.201. The van der Waals surface area contributed by atoms with Crippen molar-refractivity contribution in [3.8, 4) is 0 Å². The lowest BCUT2D eigenvalue weighted by Gasteiger charge is -2.14.